The normalized spacial score (nSPS) is 11.9. The van der Waals surface area contributed by atoms with Gasteiger partial charge in [0, 0.05) is 0 Å². The first-order valence-corrected chi connectivity index (χ1v) is 19.9. The van der Waals surface area contributed by atoms with Crippen molar-refractivity contribution in [1.82, 2.24) is 0 Å². The topological polar surface area (TPSA) is 13.1 Å². The van der Waals surface area contributed by atoms with E-state index in [-0.39, 0.29) is 14.5 Å². The van der Waals surface area contributed by atoms with Crippen LogP contribution in [0.1, 0.15) is 5.76 Å². The van der Waals surface area contributed by atoms with E-state index < -0.39 is 0 Å². The van der Waals surface area contributed by atoms with Crippen molar-refractivity contribution < 1.29 is 4.42 Å². The molecule has 11 aromatic rings. The van der Waals surface area contributed by atoms with E-state index in [1.807, 2.05) is 6.92 Å². The van der Waals surface area contributed by atoms with Crippen molar-refractivity contribution in [3.05, 3.63) is 182 Å². The number of hydrogen-bond acceptors (Lipinski definition) is 1. The molecule has 0 aliphatic rings. The second-order valence-electron chi connectivity index (χ2n) is 14.0. The van der Waals surface area contributed by atoms with Crippen molar-refractivity contribution in [2.45, 2.75) is 6.92 Å². The summed E-state index contributed by atoms with van der Waals surface area (Å²) in [6.45, 7) is 2.02. The van der Waals surface area contributed by atoms with Crippen molar-refractivity contribution in [3.63, 3.8) is 0 Å². The van der Waals surface area contributed by atoms with Gasteiger partial charge in [-0.2, -0.15) is 0 Å². The van der Waals surface area contributed by atoms with Gasteiger partial charge in [-0.25, -0.2) is 0 Å². The first kappa shape index (κ1) is 30.4. The molecule has 9 aromatic carbocycles. The van der Waals surface area contributed by atoms with Gasteiger partial charge < -0.3 is 0 Å². The van der Waals surface area contributed by atoms with Crippen LogP contribution in [0, 0.1) is 6.92 Å². The molecular weight excluding hydrogens is 708 g/mol. The average molecular weight is 740 g/mol. The molecule has 0 amide bonds. The summed E-state index contributed by atoms with van der Waals surface area (Å²) in [7, 11) is 0. The van der Waals surface area contributed by atoms with E-state index in [0.717, 1.165) is 17.1 Å². The first-order valence-electron chi connectivity index (χ1n) is 18.2. The van der Waals surface area contributed by atoms with Crippen molar-refractivity contribution in [1.29, 1.82) is 0 Å². The minimum atomic E-state index is 0.120. The van der Waals surface area contributed by atoms with Crippen molar-refractivity contribution >= 4 is 76.9 Å². The maximum atomic E-state index is 6.26. The summed E-state index contributed by atoms with van der Waals surface area (Å²) in [6.07, 6.45) is 0. The molecule has 0 radical (unpaired) electrons. The zero-order chi connectivity index (χ0) is 35.0. The van der Waals surface area contributed by atoms with E-state index in [0.29, 0.717) is 0 Å². The van der Waals surface area contributed by atoms with Gasteiger partial charge in [0.25, 0.3) is 0 Å². The Bertz CT molecular complexity index is 3120. The molecule has 0 bridgehead atoms. The molecule has 2 heterocycles. The van der Waals surface area contributed by atoms with Gasteiger partial charge in [0.05, 0.1) is 0 Å². The van der Waals surface area contributed by atoms with Gasteiger partial charge in [-0.05, 0) is 0 Å². The summed E-state index contributed by atoms with van der Waals surface area (Å²) < 4.78 is 9.16. The van der Waals surface area contributed by atoms with Crippen LogP contribution in [0.4, 0.5) is 0 Å². The SMILES string of the molecule is Cc1ccc(-c2c3ccccc3c(-c3ccc4c(c3)[se]c3c(-c5c6ccccc6c(-c6ccccc6)c6ccccc56)cccc34)c3ccccc23)o1. The standard InChI is InChI=1S/C51H32OSe/c1-31-26-29-45(52-31)50-41-22-11-7-18-37(41)48(38-19-8-12-23-42(38)50)33-27-28-34-43-24-13-25-44(51(43)53-46(34)30-33)49-39-20-9-5-16-35(39)47(32-14-3-2-4-15-32)36-17-6-10-21-40(36)49/h2-30H,1H3. The van der Waals surface area contributed by atoms with E-state index >= 15 is 0 Å². The van der Waals surface area contributed by atoms with Gasteiger partial charge in [0.1, 0.15) is 0 Å². The van der Waals surface area contributed by atoms with Gasteiger partial charge in [-0.15, -0.1) is 0 Å². The number of hydrogen-bond donors (Lipinski definition) is 0. The Morgan fingerprint density at radius 3 is 1.40 bits per heavy atom. The summed E-state index contributed by atoms with van der Waals surface area (Å²) in [5.74, 6) is 1.84. The predicted molar refractivity (Wildman–Crippen MR) is 227 cm³/mol. The molecule has 0 aliphatic carbocycles. The molecule has 248 valence electrons. The zero-order valence-corrected chi connectivity index (χ0v) is 30.8. The van der Waals surface area contributed by atoms with Crippen LogP contribution in [0.3, 0.4) is 0 Å². The number of furan rings is 1. The molecule has 0 N–H and O–H groups in total. The van der Waals surface area contributed by atoms with Gasteiger partial charge in [-0.3, -0.25) is 0 Å². The fourth-order valence-electron chi connectivity index (χ4n) is 8.76. The Morgan fingerprint density at radius 1 is 0.358 bits per heavy atom. The second kappa shape index (κ2) is 11.9. The number of fused-ring (bicyclic) bond motifs is 7. The third-order valence-electron chi connectivity index (χ3n) is 11.0. The monoisotopic (exact) mass is 740 g/mol. The van der Waals surface area contributed by atoms with Gasteiger partial charge in [0.2, 0.25) is 0 Å². The van der Waals surface area contributed by atoms with Gasteiger partial charge in [0.15, 0.2) is 0 Å². The maximum absolute atomic E-state index is 6.26. The summed E-state index contributed by atoms with van der Waals surface area (Å²) in [6, 6.07) is 64.8. The molecule has 0 unspecified atom stereocenters. The summed E-state index contributed by atoms with van der Waals surface area (Å²) in [4.78, 5) is 0. The second-order valence-corrected chi connectivity index (χ2v) is 16.2. The molecule has 0 saturated heterocycles. The molecule has 0 spiro atoms. The Hall–Kier alpha value is -6.18. The molecule has 0 saturated carbocycles. The molecule has 2 heteroatoms. The third-order valence-corrected chi connectivity index (χ3v) is 13.5. The van der Waals surface area contributed by atoms with Crippen LogP contribution < -0.4 is 0 Å². The first-order chi connectivity index (χ1) is 26.2. The van der Waals surface area contributed by atoms with Gasteiger partial charge >= 0.3 is 315 Å². The predicted octanol–water partition coefficient (Wildman–Crippen LogP) is 14.2. The molecule has 11 rings (SSSR count). The fourth-order valence-corrected chi connectivity index (χ4v) is 11.4. The van der Waals surface area contributed by atoms with Crippen LogP contribution in [0.25, 0.3) is 107 Å². The molecule has 0 fully saturated rings. The Morgan fingerprint density at radius 2 is 0.849 bits per heavy atom. The Balaban J connectivity index is 1.17. The zero-order valence-electron chi connectivity index (χ0n) is 29.1. The van der Waals surface area contributed by atoms with Gasteiger partial charge in [-0.1, -0.05) is 0 Å². The Kier molecular flexibility index (Phi) is 6.86. The van der Waals surface area contributed by atoms with Crippen LogP contribution in [0.15, 0.2) is 180 Å². The van der Waals surface area contributed by atoms with Crippen LogP contribution >= 0.6 is 0 Å². The van der Waals surface area contributed by atoms with Crippen molar-refractivity contribution in [3.8, 4) is 44.7 Å². The van der Waals surface area contributed by atoms with E-state index in [2.05, 4.69) is 176 Å². The molecule has 2 aromatic heterocycles. The van der Waals surface area contributed by atoms with Crippen LogP contribution in [-0.2, 0) is 0 Å². The number of aryl methyl sites for hydroxylation is 1. The molecule has 0 atom stereocenters. The fraction of sp³-hybridized carbons (Fsp3) is 0.0196. The molecule has 1 nitrogen and oxygen atoms in total. The summed E-state index contributed by atoms with van der Waals surface area (Å²) >= 11 is 0.120. The summed E-state index contributed by atoms with van der Waals surface area (Å²) in [5.41, 5.74) is 8.95. The van der Waals surface area contributed by atoms with Crippen LogP contribution in [0.2, 0.25) is 0 Å². The van der Waals surface area contributed by atoms with Crippen LogP contribution in [0.5, 0.6) is 0 Å². The van der Waals surface area contributed by atoms with Crippen LogP contribution in [-0.4, -0.2) is 14.5 Å². The van der Waals surface area contributed by atoms with E-state index in [1.54, 1.807) is 0 Å². The molecule has 0 aliphatic heterocycles. The molecular formula is C51H32OSe. The minimum absolute atomic E-state index is 0.120. The summed E-state index contributed by atoms with van der Waals surface area (Å²) in [5, 5.41) is 12.8. The van der Waals surface area contributed by atoms with Crippen molar-refractivity contribution in [2.24, 2.45) is 0 Å². The van der Waals surface area contributed by atoms with E-state index in [4.69, 9.17) is 4.42 Å². The van der Waals surface area contributed by atoms with E-state index in [9.17, 15) is 0 Å². The number of rotatable bonds is 4. The van der Waals surface area contributed by atoms with E-state index in [1.165, 1.54) is 95.8 Å². The Labute approximate surface area is 313 Å². The number of benzene rings is 9. The molecule has 53 heavy (non-hydrogen) atoms. The average Bonchev–Trinajstić information content (AvgIpc) is 3.82. The third kappa shape index (κ3) is 4.63. The quantitative estimate of drug-likeness (QED) is 0.129. The van der Waals surface area contributed by atoms with Crippen molar-refractivity contribution in [2.75, 3.05) is 0 Å².